The number of nitrogens with one attached hydrogen (secondary N) is 2. The van der Waals surface area contributed by atoms with Gasteiger partial charge in [-0.3, -0.25) is 4.79 Å². The summed E-state index contributed by atoms with van der Waals surface area (Å²) in [6.45, 7) is 6.16. The normalized spacial score (nSPS) is 32.9. The maximum Gasteiger partial charge on any atom is 0.226 e. The van der Waals surface area contributed by atoms with Crippen LogP contribution in [0.4, 0.5) is 0 Å². The first-order valence-corrected chi connectivity index (χ1v) is 7.70. The molecule has 1 amide bonds. The molecule has 1 atom stereocenters. The second-order valence-electron chi connectivity index (χ2n) is 6.74. The van der Waals surface area contributed by atoms with Gasteiger partial charge < -0.3 is 15.7 Å². The zero-order valence-electron chi connectivity index (χ0n) is 12.2. The van der Waals surface area contributed by atoms with Gasteiger partial charge in [-0.1, -0.05) is 13.8 Å². The molecule has 3 N–H and O–H groups in total. The van der Waals surface area contributed by atoms with Crippen LogP contribution in [0.1, 0.15) is 52.4 Å². The number of rotatable bonds is 3. The van der Waals surface area contributed by atoms with Crippen LogP contribution in [0.3, 0.4) is 0 Å². The number of hydrogen-bond acceptors (Lipinski definition) is 3. The Hall–Kier alpha value is -0.610. The molecule has 1 aliphatic carbocycles. The molecule has 2 fully saturated rings. The molecule has 4 nitrogen and oxygen atoms in total. The van der Waals surface area contributed by atoms with Crippen molar-refractivity contribution in [3.8, 4) is 0 Å². The van der Waals surface area contributed by atoms with Crippen LogP contribution in [0.2, 0.25) is 0 Å². The van der Waals surface area contributed by atoms with Gasteiger partial charge >= 0.3 is 0 Å². The van der Waals surface area contributed by atoms with E-state index in [2.05, 4.69) is 24.5 Å². The summed E-state index contributed by atoms with van der Waals surface area (Å²) in [6, 6.07) is 0.256. The van der Waals surface area contributed by atoms with Crippen molar-refractivity contribution < 1.29 is 9.90 Å². The van der Waals surface area contributed by atoms with E-state index >= 15 is 0 Å². The molecule has 1 unspecified atom stereocenters. The molecule has 0 aromatic carbocycles. The maximum absolute atomic E-state index is 12.5. The first-order valence-electron chi connectivity index (χ1n) is 7.70. The van der Waals surface area contributed by atoms with Gasteiger partial charge in [0, 0.05) is 11.5 Å². The zero-order chi connectivity index (χ0) is 13.9. The van der Waals surface area contributed by atoms with Crippen LogP contribution < -0.4 is 10.6 Å². The van der Waals surface area contributed by atoms with Crippen molar-refractivity contribution in [1.82, 2.24) is 10.6 Å². The Bertz CT molecular complexity index is 303. The van der Waals surface area contributed by atoms with Gasteiger partial charge in [0.2, 0.25) is 5.91 Å². The highest BCUT2D eigenvalue weighted by Gasteiger charge is 2.38. The van der Waals surface area contributed by atoms with Crippen LogP contribution in [-0.2, 0) is 4.79 Å². The smallest absolute Gasteiger partial charge is 0.226 e. The zero-order valence-corrected chi connectivity index (χ0v) is 12.2. The van der Waals surface area contributed by atoms with E-state index in [0.29, 0.717) is 5.92 Å². The molecule has 1 aliphatic heterocycles. The lowest BCUT2D eigenvalue weighted by molar-refractivity contribution is -0.133. The lowest BCUT2D eigenvalue weighted by Gasteiger charge is -2.37. The van der Waals surface area contributed by atoms with Gasteiger partial charge in [0.15, 0.2) is 0 Å². The predicted octanol–water partition coefficient (Wildman–Crippen LogP) is 1.43. The van der Waals surface area contributed by atoms with Crippen LogP contribution in [0.25, 0.3) is 0 Å². The molecule has 1 heterocycles. The Morgan fingerprint density at radius 2 is 1.89 bits per heavy atom. The summed E-state index contributed by atoms with van der Waals surface area (Å²) in [6.07, 6.45) is 5.59. The largest absolute Gasteiger partial charge is 0.393 e. The standard InChI is InChI=1S/C15H28N2O2/c1-15(2,11-4-3-9-16-10-11)14(19)17-12-5-7-13(18)8-6-12/h11-13,16,18H,3-10H2,1-2H3,(H,17,19). The van der Waals surface area contributed by atoms with Crippen LogP contribution in [-0.4, -0.2) is 36.2 Å². The Morgan fingerprint density at radius 1 is 1.21 bits per heavy atom. The summed E-state index contributed by atoms with van der Waals surface area (Å²) < 4.78 is 0. The topological polar surface area (TPSA) is 61.4 Å². The second-order valence-corrected chi connectivity index (χ2v) is 6.74. The van der Waals surface area contributed by atoms with Crippen molar-refractivity contribution in [3.05, 3.63) is 0 Å². The Morgan fingerprint density at radius 3 is 2.47 bits per heavy atom. The molecule has 0 aromatic rings. The summed E-state index contributed by atoms with van der Waals surface area (Å²) in [4.78, 5) is 12.5. The SMILES string of the molecule is CC(C)(C(=O)NC1CCC(O)CC1)C1CCCNC1. The molecule has 19 heavy (non-hydrogen) atoms. The van der Waals surface area contributed by atoms with Crippen LogP contribution in [0.5, 0.6) is 0 Å². The van der Waals surface area contributed by atoms with E-state index in [0.717, 1.165) is 51.6 Å². The minimum absolute atomic E-state index is 0.163. The molecule has 0 radical (unpaired) electrons. The van der Waals surface area contributed by atoms with Crippen LogP contribution in [0, 0.1) is 11.3 Å². The monoisotopic (exact) mass is 268 g/mol. The van der Waals surface area contributed by atoms with Gasteiger partial charge in [0.25, 0.3) is 0 Å². The quantitative estimate of drug-likeness (QED) is 0.725. The molecule has 0 spiro atoms. The minimum atomic E-state index is -0.302. The number of amides is 1. The highest BCUT2D eigenvalue weighted by Crippen LogP contribution is 2.32. The fourth-order valence-electron chi connectivity index (χ4n) is 3.24. The maximum atomic E-state index is 12.5. The molecule has 110 valence electrons. The molecule has 0 bridgehead atoms. The van der Waals surface area contributed by atoms with Gasteiger partial charge in [0.05, 0.1) is 6.10 Å². The molecule has 4 heteroatoms. The Balaban J connectivity index is 1.87. The number of aliphatic hydroxyl groups is 1. The average molecular weight is 268 g/mol. The molecule has 1 saturated heterocycles. The van der Waals surface area contributed by atoms with Gasteiger partial charge in [0.1, 0.15) is 0 Å². The Labute approximate surface area is 116 Å². The van der Waals surface area contributed by atoms with Gasteiger partial charge in [-0.05, 0) is 57.5 Å². The predicted molar refractivity (Wildman–Crippen MR) is 75.8 cm³/mol. The van der Waals surface area contributed by atoms with Crippen molar-refractivity contribution in [1.29, 1.82) is 0 Å². The summed E-state index contributed by atoms with van der Waals surface area (Å²) in [5, 5.41) is 16.1. The third kappa shape index (κ3) is 3.69. The second kappa shape index (κ2) is 6.23. The van der Waals surface area contributed by atoms with Crippen LogP contribution >= 0.6 is 0 Å². The van der Waals surface area contributed by atoms with E-state index < -0.39 is 0 Å². The highest BCUT2D eigenvalue weighted by atomic mass is 16.3. The van der Waals surface area contributed by atoms with Crippen LogP contribution in [0.15, 0.2) is 0 Å². The summed E-state index contributed by atoms with van der Waals surface area (Å²) in [5.41, 5.74) is -0.302. The molecule has 1 saturated carbocycles. The first-order chi connectivity index (χ1) is 9.00. The fraction of sp³-hybridized carbons (Fsp3) is 0.933. The van der Waals surface area contributed by atoms with Crippen molar-refractivity contribution in [2.75, 3.05) is 13.1 Å². The number of hydrogen-bond donors (Lipinski definition) is 3. The van der Waals surface area contributed by atoms with E-state index in [1.807, 2.05) is 0 Å². The molecule has 2 aliphatic rings. The number of carbonyl (C=O) groups is 1. The van der Waals surface area contributed by atoms with Crippen molar-refractivity contribution in [2.24, 2.45) is 11.3 Å². The molecular formula is C15H28N2O2. The summed E-state index contributed by atoms with van der Waals surface area (Å²) in [7, 11) is 0. The van der Waals surface area contributed by atoms with E-state index in [1.54, 1.807) is 0 Å². The van der Waals surface area contributed by atoms with Crippen molar-refractivity contribution in [3.63, 3.8) is 0 Å². The highest BCUT2D eigenvalue weighted by molar-refractivity contribution is 5.82. The molecular weight excluding hydrogens is 240 g/mol. The average Bonchev–Trinajstić information content (AvgIpc) is 2.42. The van der Waals surface area contributed by atoms with Gasteiger partial charge in [-0.2, -0.15) is 0 Å². The van der Waals surface area contributed by atoms with E-state index in [1.165, 1.54) is 0 Å². The van der Waals surface area contributed by atoms with Crippen molar-refractivity contribution >= 4 is 5.91 Å². The number of carbonyl (C=O) groups excluding carboxylic acids is 1. The third-order valence-electron chi connectivity index (χ3n) is 4.93. The van der Waals surface area contributed by atoms with E-state index in [9.17, 15) is 9.90 Å². The number of aliphatic hydroxyl groups excluding tert-OH is 1. The van der Waals surface area contributed by atoms with Crippen molar-refractivity contribution in [2.45, 2.75) is 64.5 Å². The number of piperidine rings is 1. The van der Waals surface area contributed by atoms with Gasteiger partial charge in [-0.15, -0.1) is 0 Å². The van der Waals surface area contributed by atoms with Gasteiger partial charge in [-0.25, -0.2) is 0 Å². The third-order valence-corrected chi connectivity index (χ3v) is 4.93. The lowest BCUT2D eigenvalue weighted by Crippen LogP contribution is -2.50. The van der Waals surface area contributed by atoms with E-state index in [-0.39, 0.29) is 23.5 Å². The molecule has 0 aromatic heterocycles. The fourth-order valence-corrected chi connectivity index (χ4v) is 3.24. The summed E-state index contributed by atoms with van der Waals surface area (Å²) in [5.74, 6) is 0.609. The Kier molecular flexibility index (Phi) is 4.85. The van der Waals surface area contributed by atoms with E-state index in [4.69, 9.17) is 0 Å². The lowest BCUT2D eigenvalue weighted by atomic mass is 9.74. The molecule has 2 rings (SSSR count). The summed E-state index contributed by atoms with van der Waals surface area (Å²) >= 11 is 0. The first kappa shape index (κ1) is 14.8. The minimum Gasteiger partial charge on any atom is -0.393 e.